The van der Waals surface area contributed by atoms with E-state index in [-0.39, 0.29) is 0 Å². The predicted octanol–water partition coefficient (Wildman–Crippen LogP) is 4.51. The maximum Gasteiger partial charge on any atom is 0.254 e. The Morgan fingerprint density at radius 3 is 2.46 bits per heavy atom. The zero-order valence-electron chi connectivity index (χ0n) is 15.6. The highest BCUT2D eigenvalue weighted by molar-refractivity contribution is 6.31. The first kappa shape index (κ1) is 18.1. The van der Waals surface area contributed by atoms with Crippen molar-refractivity contribution in [3.63, 3.8) is 0 Å². The van der Waals surface area contributed by atoms with Gasteiger partial charge >= 0.3 is 0 Å². The molecule has 0 atom stereocenters. The Labute approximate surface area is 166 Å². The number of ether oxygens (including phenoxy) is 2. The Bertz CT molecular complexity index is 1140. The smallest absolute Gasteiger partial charge is 0.254 e. The molecule has 4 aromatic rings. The third-order valence-electron chi connectivity index (χ3n) is 4.21. The maximum absolute atomic E-state index is 6.15. The van der Waals surface area contributed by atoms with Crippen molar-refractivity contribution in [1.29, 1.82) is 0 Å². The van der Waals surface area contributed by atoms with E-state index >= 15 is 0 Å². The predicted molar refractivity (Wildman–Crippen MR) is 109 cm³/mol. The standard InChI is InChI=1S/C20H18ClN5O2/c1-12-10-18(23-16-11-14(21)6-9-17(16)28-3)26-20(22-12)24-19(25-26)13-4-7-15(27-2)8-5-13/h4-11,23H,1-3H3. The number of aryl methyl sites for hydroxylation is 1. The molecule has 0 spiro atoms. The van der Waals surface area contributed by atoms with Gasteiger partial charge in [0.15, 0.2) is 5.82 Å². The van der Waals surface area contributed by atoms with Gasteiger partial charge in [-0.1, -0.05) is 11.6 Å². The van der Waals surface area contributed by atoms with Crippen LogP contribution in [0.4, 0.5) is 11.5 Å². The molecule has 142 valence electrons. The molecule has 0 fully saturated rings. The highest BCUT2D eigenvalue weighted by atomic mass is 35.5. The Hall–Kier alpha value is -3.32. The molecule has 1 N–H and O–H groups in total. The van der Waals surface area contributed by atoms with E-state index in [0.717, 1.165) is 22.7 Å². The molecule has 0 amide bonds. The molecule has 0 bridgehead atoms. The average Bonchev–Trinajstić information content (AvgIpc) is 3.12. The van der Waals surface area contributed by atoms with Crippen molar-refractivity contribution in [2.45, 2.75) is 6.92 Å². The van der Waals surface area contributed by atoms with Gasteiger partial charge in [0.2, 0.25) is 0 Å². The van der Waals surface area contributed by atoms with Gasteiger partial charge < -0.3 is 14.8 Å². The van der Waals surface area contributed by atoms with Crippen LogP contribution < -0.4 is 14.8 Å². The molecular weight excluding hydrogens is 378 g/mol. The number of rotatable bonds is 5. The molecule has 8 heteroatoms. The van der Waals surface area contributed by atoms with Gasteiger partial charge in [0.05, 0.1) is 19.9 Å². The summed E-state index contributed by atoms with van der Waals surface area (Å²) in [6, 6.07) is 14.8. The van der Waals surface area contributed by atoms with Crippen molar-refractivity contribution in [1.82, 2.24) is 19.6 Å². The summed E-state index contributed by atoms with van der Waals surface area (Å²) in [5.41, 5.74) is 2.41. The number of benzene rings is 2. The van der Waals surface area contributed by atoms with Crippen LogP contribution in [-0.4, -0.2) is 33.8 Å². The van der Waals surface area contributed by atoms with Crippen molar-refractivity contribution in [3.8, 4) is 22.9 Å². The van der Waals surface area contributed by atoms with Gasteiger partial charge in [-0.25, -0.2) is 4.98 Å². The molecular formula is C20H18ClN5O2. The molecule has 28 heavy (non-hydrogen) atoms. The highest BCUT2D eigenvalue weighted by Crippen LogP contribution is 2.31. The second-order valence-corrected chi connectivity index (χ2v) is 6.56. The largest absolute Gasteiger partial charge is 0.497 e. The highest BCUT2D eigenvalue weighted by Gasteiger charge is 2.13. The van der Waals surface area contributed by atoms with Crippen LogP contribution in [0.25, 0.3) is 17.2 Å². The van der Waals surface area contributed by atoms with E-state index in [4.69, 9.17) is 21.1 Å². The number of aromatic nitrogens is 4. The number of nitrogens with zero attached hydrogens (tertiary/aromatic N) is 4. The van der Waals surface area contributed by atoms with Crippen LogP contribution in [0.5, 0.6) is 11.5 Å². The van der Waals surface area contributed by atoms with Crippen LogP contribution >= 0.6 is 11.6 Å². The summed E-state index contributed by atoms with van der Waals surface area (Å²) in [4.78, 5) is 9.05. The van der Waals surface area contributed by atoms with Crippen LogP contribution in [-0.2, 0) is 0 Å². The third-order valence-corrected chi connectivity index (χ3v) is 4.45. The van der Waals surface area contributed by atoms with Crippen LogP contribution in [0, 0.1) is 6.92 Å². The summed E-state index contributed by atoms with van der Waals surface area (Å²) >= 11 is 6.15. The molecule has 0 unspecified atom stereocenters. The summed E-state index contributed by atoms with van der Waals surface area (Å²) in [5.74, 6) is 3.21. The second kappa shape index (κ2) is 7.36. The topological polar surface area (TPSA) is 73.6 Å². The minimum atomic E-state index is 0.495. The molecule has 7 nitrogen and oxygen atoms in total. The van der Waals surface area contributed by atoms with Crippen LogP contribution in [0.2, 0.25) is 5.02 Å². The third kappa shape index (κ3) is 3.44. The fourth-order valence-electron chi connectivity index (χ4n) is 2.85. The lowest BCUT2D eigenvalue weighted by atomic mass is 10.2. The SMILES string of the molecule is COc1ccc(-c2nc3nc(C)cc(Nc4cc(Cl)ccc4OC)n3n2)cc1. The first-order chi connectivity index (χ1) is 13.6. The summed E-state index contributed by atoms with van der Waals surface area (Å²) in [6.07, 6.45) is 0. The Balaban J connectivity index is 1.78. The average molecular weight is 396 g/mol. The van der Waals surface area contributed by atoms with Crippen molar-refractivity contribution in [2.75, 3.05) is 19.5 Å². The van der Waals surface area contributed by atoms with E-state index < -0.39 is 0 Å². The lowest BCUT2D eigenvalue weighted by Gasteiger charge is -2.12. The Kier molecular flexibility index (Phi) is 4.75. The molecule has 2 heterocycles. The minimum absolute atomic E-state index is 0.495. The van der Waals surface area contributed by atoms with Gasteiger partial charge in [0.1, 0.15) is 17.3 Å². The normalized spacial score (nSPS) is 10.9. The summed E-state index contributed by atoms with van der Waals surface area (Å²) < 4.78 is 12.3. The lowest BCUT2D eigenvalue weighted by molar-refractivity contribution is 0.415. The zero-order chi connectivity index (χ0) is 19.7. The quantitative estimate of drug-likeness (QED) is 0.535. The van der Waals surface area contributed by atoms with Gasteiger partial charge in [-0.05, 0) is 49.4 Å². The fraction of sp³-hybridized carbons (Fsp3) is 0.150. The van der Waals surface area contributed by atoms with Crippen LogP contribution in [0.3, 0.4) is 0 Å². The number of methoxy groups -OCH3 is 2. The zero-order valence-corrected chi connectivity index (χ0v) is 16.4. The summed E-state index contributed by atoms with van der Waals surface area (Å²) in [5, 5.41) is 8.54. The fourth-order valence-corrected chi connectivity index (χ4v) is 3.03. The molecule has 0 aliphatic carbocycles. The number of anilines is 2. The number of nitrogens with one attached hydrogen (secondary N) is 1. The summed E-state index contributed by atoms with van der Waals surface area (Å²) in [7, 11) is 3.24. The first-order valence-corrected chi connectivity index (χ1v) is 8.94. The molecule has 0 saturated carbocycles. The molecule has 0 saturated heterocycles. The van der Waals surface area contributed by atoms with Crippen LogP contribution in [0.1, 0.15) is 5.69 Å². The van der Waals surface area contributed by atoms with E-state index in [2.05, 4.69) is 20.4 Å². The van der Waals surface area contributed by atoms with Crippen molar-refractivity contribution < 1.29 is 9.47 Å². The van der Waals surface area contributed by atoms with Crippen LogP contribution in [0.15, 0.2) is 48.5 Å². The Morgan fingerprint density at radius 1 is 0.964 bits per heavy atom. The molecule has 0 aliphatic rings. The maximum atomic E-state index is 6.15. The lowest BCUT2D eigenvalue weighted by Crippen LogP contribution is -2.03. The van der Waals surface area contributed by atoms with E-state index in [1.54, 1.807) is 36.9 Å². The van der Waals surface area contributed by atoms with E-state index in [1.807, 2.05) is 37.3 Å². The number of fused-ring (bicyclic) bond motifs is 1. The van der Waals surface area contributed by atoms with E-state index in [1.165, 1.54) is 0 Å². The molecule has 4 rings (SSSR count). The molecule has 0 radical (unpaired) electrons. The van der Waals surface area contributed by atoms with Gasteiger partial charge in [0, 0.05) is 22.3 Å². The molecule has 2 aromatic carbocycles. The van der Waals surface area contributed by atoms with E-state index in [0.29, 0.717) is 28.2 Å². The second-order valence-electron chi connectivity index (χ2n) is 6.13. The van der Waals surface area contributed by atoms with Crippen molar-refractivity contribution in [3.05, 3.63) is 59.2 Å². The Morgan fingerprint density at radius 2 is 1.75 bits per heavy atom. The van der Waals surface area contributed by atoms with Gasteiger partial charge in [-0.15, -0.1) is 5.10 Å². The summed E-state index contributed by atoms with van der Waals surface area (Å²) in [6.45, 7) is 1.90. The number of hydrogen-bond donors (Lipinski definition) is 1. The van der Waals surface area contributed by atoms with E-state index in [9.17, 15) is 0 Å². The van der Waals surface area contributed by atoms with Gasteiger partial charge in [0.25, 0.3) is 5.78 Å². The number of halogens is 1. The monoisotopic (exact) mass is 395 g/mol. The van der Waals surface area contributed by atoms with Crippen molar-refractivity contribution >= 4 is 28.9 Å². The molecule has 2 aromatic heterocycles. The minimum Gasteiger partial charge on any atom is -0.497 e. The van der Waals surface area contributed by atoms with Crippen molar-refractivity contribution in [2.24, 2.45) is 0 Å². The molecule has 0 aliphatic heterocycles. The first-order valence-electron chi connectivity index (χ1n) is 8.57. The van der Waals surface area contributed by atoms with Gasteiger partial charge in [-0.2, -0.15) is 9.50 Å². The number of hydrogen-bond acceptors (Lipinski definition) is 6. The van der Waals surface area contributed by atoms with Gasteiger partial charge in [-0.3, -0.25) is 0 Å².